The molecule has 116 valence electrons. The van der Waals surface area contributed by atoms with Crippen LogP contribution in [0.4, 0.5) is 0 Å². The highest BCUT2D eigenvalue weighted by atomic mass is 35.5. The summed E-state index contributed by atoms with van der Waals surface area (Å²) < 4.78 is 0.967. The third kappa shape index (κ3) is 3.24. The third-order valence-corrected chi connectivity index (χ3v) is 5.33. The Kier molecular flexibility index (Phi) is 4.66. The van der Waals surface area contributed by atoms with Crippen LogP contribution in [0.3, 0.4) is 0 Å². The zero-order valence-electron chi connectivity index (χ0n) is 12.1. The zero-order valence-corrected chi connectivity index (χ0v) is 14.5. The van der Waals surface area contributed by atoms with Crippen molar-refractivity contribution < 1.29 is 4.79 Å². The van der Waals surface area contributed by atoms with Crippen LogP contribution >= 0.6 is 34.5 Å². The van der Waals surface area contributed by atoms with Crippen molar-refractivity contribution in [2.75, 3.05) is 0 Å². The molecular weight excluding hydrogens is 351 g/mol. The Morgan fingerprint density at radius 2 is 1.78 bits per heavy atom. The number of halogens is 2. The number of rotatable bonds is 3. The number of carbonyl (C=O) groups is 1. The van der Waals surface area contributed by atoms with Gasteiger partial charge in [-0.25, -0.2) is 5.43 Å². The van der Waals surface area contributed by atoms with Gasteiger partial charge in [-0.3, -0.25) is 4.79 Å². The minimum absolute atomic E-state index is 0.331. The summed E-state index contributed by atoms with van der Waals surface area (Å²) >= 11 is 13.8. The SMILES string of the molecule is CC(=NNC(=O)c1sc2ccccc2c1Cl)c1ccccc1Cl. The van der Waals surface area contributed by atoms with Crippen LogP contribution in [0.1, 0.15) is 22.2 Å². The molecule has 23 heavy (non-hydrogen) atoms. The molecule has 0 saturated carbocycles. The number of hydrogen-bond donors (Lipinski definition) is 1. The number of nitrogens with one attached hydrogen (secondary N) is 1. The van der Waals surface area contributed by atoms with E-state index >= 15 is 0 Å². The van der Waals surface area contributed by atoms with Gasteiger partial charge in [-0.15, -0.1) is 11.3 Å². The Morgan fingerprint density at radius 3 is 2.52 bits per heavy atom. The highest BCUT2D eigenvalue weighted by molar-refractivity contribution is 7.21. The van der Waals surface area contributed by atoms with Crippen LogP contribution in [0.25, 0.3) is 10.1 Å². The second-order valence-electron chi connectivity index (χ2n) is 4.86. The van der Waals surface area contributed by atoms with Crippen molar-refractivity contribution in [1.29, 1.82) is 0 Å². The topological polar surface area (TPSA) is 41.5 Å². The first-order valence-corrected chi connectivity index (χ1v) is 8.41. The molecule has 0 atom stereocenters. The maximum absolute atomic E-state index is 12.3. The molecule has 1 heterocycles. The molecule has 2 aromatic carbocycles. The van der Waals surface area contributed by atoms with Gasteiger partial charge < -0.3 is 0 Å². The molecule has 0 unspecified atom stereocenters. The molecule has 1 aromatic heterocycles. The average Bonchev–Trinajstić information content (AvgIpc) is 2.90. The van der Waals surface area contributed by atoms with Gasteiger partial charge >= 0.3 is 0 Å². The van der Waals surface area contributed by atoms with Crippen LogP contribution in [0.5, 0.6) is 0 Å². The lowest BCUT2D eigenvalue weighted by molar-refractivity contribution is 0.0959. The van der Waals surface area contributed by atoms with E-state index in [0.29, 0.717) is 20.6 Å². The number of hydrogen-bond acceptors (Lipinski definition) is 3. The predicted octanol–water partition coefficient (Wildman–Crippen LogP) is 5.36. The molecule has 0 radical (unpaired) electrons. The first-order valence-electron chi connectivity index (χ1n) is 6.84. The molecule has 3 nitrogen and oxygen atoms in total. The lowest BCUT2D eigenvalue weighted by Crippen LogP contribution is -2.18. The standard InChI is InChI=1S/C17H12Cl2N2OS/c1-10(11-6-2-4-8-13(11)18)20-21-17(22)16-15(19)12-7-3-5-9-14(12)23-16/h2-9H,1H3,(H,21,22). The fourth-order valence-corrected chi connectivity index (χ4v) is 3.84. The van der Waals surface area contributed by atoms with Crippen LogP contribution in [0, 0.1) is 0 Å². The molecule has 3 rings (SSSR count). The lowest BCUT2D eigenvalue weighted by Gasteiger charge is -2.04. The van der Waals surface area contributed by atoms with Crippen LogP contribution < -0.4 is 5.43 Å². The monoisotopic (exact) mass is 362 g/mol. The van der Waals surface area contributed by atoms with Crippen molar-refractivity contribution >= 4 is 56.2 Å². The summed E-state index contributed by atoms with van der Waals surface area (Å²) in [6.07, 6.45) is 0. The molecule has 1 N–H and O–H groups in total. The van der Waals surface area contributed by atoms with E-state index in [-0.39, 0.29) is 5.91 Å². The summed E-state index contributed by atoms with van der Waals surface area (Å²) in [5.41, 5.74) is 3.94. The van der Waals surface area contributed by atoms with Gasteiger partial charge in [0.15, 0.2) is 0 Å². The maximum atomic E-state index is 12.3. The van der Waals surface area contributed by atoms with E-state index in [9.17, 15) is 4.79 Å². The summed E-state index contributed by atoms with van der Waals surface area (Å²) in [4.78, 5) is 12.8. The number of nitrogens with zero attached hydrogens (tertiary/aromatic N) is 1. The Hall–Kier alpha value is -1.88. The van der Waals surface area contributed by atoms with Gasteiger partial charge in [0.2, 0.25) is 0 Å². The van der Waals surface area contributed by atoms with E-state index in [1.807, 2.05) is 42.5 Å². The fraction of sp³-hybridized carbons (Fsp3) is 0.0588. The minimum Gasteiger partial charge on any atom is -0.266 e. The smallest absolute Gasteiger partial charge is 0.266 e. The Labute approximate surface area is 147 Å². The summed E-state index contributed by atoms with van der Waals surface area (Å²) in [5.74, 6) is -0.331. The zero-order chi connectivity index (χ0) is 16.4. The summed E-state index contributed by atoms with van der Waals surface area (Å²) in [6, 6.07) is 15.0. The van der Waals surface area contributed by atoms with Crippen molar-refractivity contribution in [2.24, 2.45) is 5.10 Å². The third-order valence-electron chi connectivity index (χ3n) is 3.33. The molecule has 0 aliphatic carbocycles. The lowest BCUT2D eigenvalue weighted by atomic mass is 10.1. The van der Waals surface area contributed by atoms with Crippen molar-refractivity contribution in [3.05, 3.63) is 69.0 Å². The van der Waals surface area contributed by atoms with Gasteiger partial charge in [0, 0.05) is 20.7 Å². The van der Waals surface area contributed by atoms with Crippen molar-refractivity contribution in [3.63, 3.8) is 0 Å². The van der Waals surface area contributed by atoms with Gasteiger partial charge in [0.25, 0.3) is 5.91 Å². The van der Waals surface area contributed by atoms with Crippen molar-refractivity contribution in [1.82, 2.24) is 5.43 Å². The molecule has 1 amide bonds. The van der Waals surface area contributed by atoms with Gasteiger partial charge in [0.1, 0.15) is 4.88 Å². The Bertz CT molecular complexity index is 918. The number of hydrazone groups is 1. The van der Waals surface area contributed by atoms with E-state index < -0.39 is 0 Å². The van der Waals surface area contributed by atoms with E-state index in [2.05, 4.69) is 10.5 Å². The van der Waals surface area contributed by atoms with Crippen molar-refractivity contribution in [2.45, 2.75) is 6.92 Å². The summed E-state index contributed by atoms with van der Waals surface area (Å²) in [6.45, 7) is 1.79. The van der Waals surface area contributed by atoms with E-state index in [0.717, 1.165) is 15.6 Å². The number of fused-ring (bicyclic) bond motifs is 1. The molecule has 6 heteroatoms. The highest BCUT2D eigenvalue weighted by Gasteiger charge is 2.16. The van der Waals surface area contributed by atoms with Crippen molar-refractivity contribution in [3.8, 4) is 0 Å². The fourth-order valence-electron chi connectivity index (χ4n) is 2.16. The number of benzene rings is 2. The van der Waals surface area contributed by atoms with Crippen LogP contribution in [0.2, 0.25) is 10.0 Å². The largest absolute Gasteiger partial charge is 0.283 e. The first kappa shape index (κ1) is 16.0. The van der Waals surface area contributed by atoms with Crippen LogP contribution in [-0.4, -0.2) is 11.6 Å². The predicted molar refractivity (Wildman–Crippen MR) is 98.0 cm³/mol. The van der Waals surface area contributed by atoms with E-state index in [1.54, 1.807) is 13.0 Å². The van der Waals surface area contributed by atoms with Crippen LogP contribution in [0.15, 0.2) is 53.6 Å². The van der Waals surface area contributed by atoms with E-state index in [1.165, 1.54) is 11.3 Å². The van der Waals surface area contributed by atoms with Crippen LogP contribution in [-0.2, 0) is 0 Å². The highest BCUT2D eigenvalue weighted by Crippen LogP contribution is 2.34. The average molecular weight is 363 g/mol. The maximum Gasteiger partial charge on any atom is 0.283 e. The van der Waals surface area contributed by atoms with Gasteiger partial charge in [-0.05, 0) is 19.1 Å². The van der Waals surface area contributed by atoms with Gasteiger partial charge in [-0.1, -0.05) is 59.6 Å². The second kappa shape index (κ2) is 6.71. The quantitative estimate of drug-likeness (QED) is 0.494. The summed E-state index contributed by atoms with van der Waals surface area (Å²) in [7, 11) is 0. The number of carbonyl (C=O) groups excluding carboxylic acids is 1. The molecule has 0 fully saturated rings. The molecule has 0 bridgehead atoms. The molecule has 0 saturated heterocycles. The normalized spacial score (nSPS) is 11.7. The van der Waals surface area contributed by atoms with Gasteiger partial charge in [-0.2, -0.15) is 5.10 Å². The second-order valence-corrected chi connectivity index (χ2v) is 6.70. The molecule has 0 aliphatic rings. The summed E-state index contributed by atoms with van der Waals surface area (Å²) in [5, 5.41) is 6.03. The van der Waals surface area contributed by atoms with Gasteiger partial charge in [0.05, 0.1) is 10.7 Å². The molecule has 0 spiro atoms. The first-order chi connectivity index (χ1) is 11.1. The molecule has 3 aromatic rings. The number of thiophene rings is 1. The number of amides is 1. The molecule has 0 aliphatic heterocycles. The minimum atomic E-state index is -0.331. The molecular formula is C17H12Cl2N2OS. The van der Waals surface area contributed by atoms with E-state index in [4.69, 9.17) is 23.2 Å². The Balaban J connectivity index is 1.85. The Morgan fingerprint density at radius 1 is 1.09 bits per heavy atom.